The molecule has 21 heavy (non-hydrogen) atoms. The van der Waals surface area contributed by atoms with Crippen molar-refractivity contribution >= 4 is 11.6 Å². The summed E-state index contributed by atoms with van der Waals surface area (Å²) in [6.45, 7) is 0.366. The average Bonchev–Trinajstić information content (AvgIpc) is 2.95. The lowest BCUT2D eigenvalue weighted by Gasteiger charge is -2.38. The van der Waals surface area contributed by atoms with Gasteiger partial charge < -0.3 is 14.8 Å². The molecule has 1 heterocycles. The number of carbonyl (C=O) groups excluding carboxylic acids is 1. The Labute approximate surface area is 124 Å². The number of aliphatic hydroxyl groups is 1. The van der Waals surface area contributed by atoms with Crippen LogP contribution in [0.2, 0.25) is 0 Å². The lowest BCUT2D eigenvalue weighted by atomic mass is 9.91. The highest BCUT2D eigenvalue weighted by atomic mass is 16.6. The Bertz CT molecular complexity index is 526. The van der Waals surface area contributed by atoms with Crippen LogP contribution in [0.5, 0.6) is 0 Å². The molecule has 1 saturated carbocycles. The van der Waals surface area contributed by atoms with Crippen LogP contribution >= 0.6 is 0 Å². The Kier molecular flexibility index (Phi) is 4.20. The van der Waals surface area contributed by atoms with Crippen molar-refractivity contribution in [1.82, 2.24) is 4.90 Å². The standard InChI is InChI=1S/C16H20N2O3/c19-10-9-18(13-7-4-8-13)16(20)15-11-14(17-21-15)12-5-2-1-3-6-12/h1-3,5-6,13,15,19H,4,7-11H2. The van der Waals surface area contributed by atoms with Gasteiger partial charge in [-0.3, -0.25) is 4.79 Å². The minimum absolute atomic E-state index is 0.0125. The largest absolute Gasteiger partial charge is 0.395 e. The van der Waals surface area contributed by atoms with Gasteiger partial charge in [-0.25, -0.2) is 0 Å². The van der Waals surface area contributed by atoms with Gasteiger partial charge in [0.1, 0.15) is 0 Å². The summed E-state index contributed by atoms with van der Waals surface area (Å²) in [6.07, 6.45) is 3.14. The van der Waals surface area contributed by atoms with Crippen molar-refractivity contribution in [3.63, 3.8) is 0 Å². The Morgan fingerprint density at radius 1 is 1.33 bits per heavy atom. The van der Waals surface area contributed by atoms with E-state index in [1.54, 1.807) is 4.90 Å². The number of rotatable bonds is 5. The van der Waals surface area contributed by atoms with Gasteiger partial charge in [0.2, 0.25) is 6.10 Å². The molecule has 1 aromatic carbocycles. The predicted molar refractivity (Wildman–Crippen MR) is 78.9 cm³/mol. The summed E-state index contributed by atoms with van der Waals surface area (Å²) < 4.78 is 0. The summed E-state index contributed by atoms with van der Waals surface area (Å²) in [6, 6.07) is 10.0. The molecule has 1 fully saturated rings. The Balaban J connectivity index is 1.64. The van der Waals surface area contributed by atoms with Gasteiger partial charge in [-0.15, -0.1) is 0 Å². The number of nitrogens with zero attached hydrogens (tertiary/aromatic N) is 2. The van der Waals surface area contributed by atoms with Crippen LogP contribution in [0.25, 0.3) is 0 Å². The van der Waals surface area contributed by atoms with Gasteiger partial charge >= 0.3 is 0 Å². The Morgan fingerprint density at radius 3 is 2.71 bits per heavy atom. The van der Waals surface area contributed by atoms with Crippen molar-refractivity contribution in [2.24, 2.45) is 5.16 Å². The molecule has 112 valence electrons. The molecular formula is C16H20N2O3. The third kappa shape index (κ3) is 2.93. The maximum atomic E-state index is 12.6. The molecule has 1 aromatic rings. The first-order valence-corrected chi connectivity index (χ1v) is 7.49. The molecule has 1 N–H and O–H groups in total. The molecule has 0 bridgehead atoms. The normalized spacial score (nSPS) is 21.4. The number of amides is 1. The molecule has 1 atom stereocenters. The Hall–Kier alpha value is -1.88. The maximum Gasteiger partial charge on any atom is 0.267 e. The molecule has 5 heteroatoms. The lowest BCUT2D eigenvalue weighted by Crippen LogP contribution is -2.49. The zero-order valence-corrected chi connectivity index (χ0v) is 11.9. The molecule has 5 nitrogen and oxygen atoms in total. The molecule has 2 aliphatic rings. The number of hydrogen-bond donors (Lipinski definition) is 1. The summed E-state index contributed by atoms with van der Waals surface area (Å²) in [4.78, 5) is 19.7. The first-order valence-electron chi connectivity index (χ1n) is 7.49. The van der Waals surface area contributed by atoms with Crippen LogP contribution in [0.4, 0.5) is 0 Å². The third-order valence-corrected chi connectivity index (χ3v) is 4.19. The van der Waals surface area contributed by atoms with Gasteiger partial charge in [0.05, 0.1) is 12.3 Å². The second-order valence-electron chi connectivity index (χ2n) is 5.54. The van der Waals surface area contributed by atoms with E-state index in [1.807, 2.05) is 30.3 Å². The average molecular weight is 288 g/mol. The van der Waals surface area contributed by atoms with Crippen molar-refractivity contribution in [3.05, 3.63) is 35.9 Å². The first-order chi connectivity index (χ1) is 10.3. The molecule has 1 unspecified atom stereocenters. The number of carbonyl (C=O) groups is 1. The predicted octanol–water partition coefficient (Wildman–Crippen LogP) is 1.55. The number of benzene rings is 1. The summed E-state index contributed by atoms with van der Waals surface area (Å²) in [5, 5.41) is 13.2. The van der Waals surface area contributed by atoms with E-state index in [4.69, 9.17) is 9.94 Å². The van der Waals surface area contributed by atoms with Gasteiger partial charge in [0, 0.05) is 19.0 Å². The van der Waals surface area contributed by atoms with Gasteiger partial charge in [-0.1, -0.05) is 35.5 Å². The van der Waals surface area contributed by atoms with Crippen molar-refractivity contribution < 1.29 is 14.7 Å². The van der Waals surface area contributed by atoms with Crippen LogP contribution in [0, 0.1) is 0 Å². The molecule has 1 aliphatic heterocycles. The van der Waals surface area contributed by atoms with Crippen LogP contribution in [-0.4, -0.2) is 46.9 Å². The van der Waals surface area contributed by atoms with Gasteiger partial charge in [0.25, 0.3) is 5.91 Å². The van der Waals surface area contributed by atoms with Crippen LogP contribution in [-0.2, 0) is 9.63 Å². The second kappa shape index (κ2) is 6.26. The minimum atomic E-state index is -0.549. The third-order valence-electron chi connectivity index (χ3n) is 4.19. The molecule has 0 spiro atoms. The number of hydrogen-bond acceptors (Lipinski definition) is 4. The van der Waals surface area contributed by atoms with E-state index in [2.05, 4.69) is 5.16 Å². The molecule has 3 rings (SSSR count). The minimum Gasteiger partial charge on any atom is -0.395 e. The first kappa shape index (κ1) is 14.1. The number of aliphatic hydroxyl groups excluding tert-OH is 1. The van der Waals surface area contributed by atoms with Crippen LogP contribution in [0.3, 0.4) is 0 Å². The SMILES string of the molecule is O=C(C1CC(c2ccccc2)=NO1)N(CCO)C1CCC1. The van der Waals surface area contributed by atoms with Gasteiger partial charge in [-0.05, 0) is 24.8 Å². The molecule has 0 aromatic heterocycles. The molecule has 0 radical (unpaired) electrons. The Morgan fingerprint density at radius 2 is 2.10 bits per heavy atom. The summed E-state index contributed by atoms with van der Waals surface area (Å²) in [5.41, 5.74) is 1.80. The second-order valence-corrected chi connectivity index (χ2v) is 5.54. The van der Waals surface area contributed by atoms with E-state index in [0.29, 0.717) is 13.0 Å². The van der Waals surface area contributed by atoms with E-state index in [1.165, 1.54) is 0 Å². The summed E-state index contributed by atoms with van der Waals surface area (Å²) in [5.74, 6) is -0.0524. The fourth-order valence-electron chi connectivity index (χ4n) is 2.77. The molecular weight excluding hydrogens is 268 g/mol. The van der Waals surface area contributed by atoms with Crippen LogP contribution in [0.1, 0.15) is 31.2 Å². The van der Waals surface area contributed by atoms with Crippen molar-refractivity contribution in [3.8, 4) is 0 Å². The van der Waals surface area contributed by atoms with Crippen molar-refractivity contribution in [1.29, 1.82) is 0 Å². The zero-order valence-electron chi connectivity index (χ0n) is 11.9. The topological polar surface area (TPSA) is 62.1 Å². The number of oxime groups is 1. The van der Waals surface area contributed by atoms with Crippen molar-refractivity contribution in [2.45, 2.75) is 37.8 Å². The highest BCUT2D eigenvalue weighted by Gasteiger charge is 2.36. The van der Waals surface area contributed by atoms with E-state index in [0.717, 1.165) is 30.5 Å². The van der Waals surface area contributed by atoms with Crippen LogP contribution < -0.4 is 0 Å². The summed E-state index contributed by atoms with van der Waals surface area (Å²) >= 11 is 0. The maximum absolute atomic E-state index is 12.6. The van der Waals surface area contributed by atoms with E-state index in [-0.39, 0.29) is 18.6 Å². The quantitative estimate of drug-likeness (QED) is 0.894. The molecule has 0 saturated heterocycles. The van der Waals surface area contributed by atoms with Crippen LogP contribution in [0.15, 0.2) is 35.5 Å². The lowest BCUT2D eigenvalue weighted by molar-refractivity contribution is -0.146. The molecule has 1 aliphatic carbocycles. The smallest absolute Gasteiger partial charge is 0.267 e. The zero-order chi connectivity index (χ0) is 14.7. The fraction of sp³-hybridized carbons (Fsp3) is 0.500. The summed E-state index contributed by atoms with van der Waals surface area (Å²) in [7, 11) is 0. The van der Waals surface area contributed by atoms with E-state index >= 15 is 0 Å². The van der Waals surface area contributed by atoms with Crippen molar-refractivity contribution in [2.75, 3.05) is 13.2 Å². The van der Waals surface area contributed by atoms with E-state index in [9.17, 15) is 4.79 Å². The van der Waals surface area contributed by atoms with Gasteiger partial charge in [0.15, 0.2) is 0 Å². The monoisotopic (exact) mass is 288 g/mol. The fourth-order valence-corrected chi connectivity index (χ4v) is 2.77. The highest BCUT2D eigenvalue weighted by Crippen LogP contribution is 2.27. The van der Waals surface area contributed by atoms with E-state index < -0.39 is 6.10 Å². The van der Waals surface area contributed by atoms with Gasteiger partial charge in [-0.2, -0.15) is 0 Å². The molecule has 1 amide bonds. The highest BCUT2D eigenvalue weighted by molar-refractivity contribution is 6.04.